The molecule has 0 N–H and O–H groups in total. The number of rotatable bonds is 5. The minimum absolute atomic E-state index is 0.128. The molecule has 0 radical (unpaired) electrons. The largest absolute Gasteiger partial charge is 0.381 e. The molecule has 1 saturated carbocycles. The number of carbonyl (C=O) groups excluding carboxylic acids is 1. The van der Waals surface area contributed by atoms with E-state index in [-0.39, 0.29) is 11.4 Å². The zero-order chi connectivity index (χ0) is 16.6. The summed E-state index contributed by atoms with van der Waals surface area (Å²) in [5, 5.41) is 0. The number of hydrogen-bond donors (Lipinski definition) is 0. The molecular weight excluding hydrogens is 302 g/mol. The fourth-order valence-electron chi connectivity index (χ4n) is 4.09. The molecule has 1 spiro atoms. The first-order valence-electron chi connectivity index (χ1n) is 9.15. The van der Waals surface area contributed by atoms with Crippen molar-refractivity contribution in [1.29, 1.82) is 0 Å². The maximum absolute atomic E-state index is 12.5. The Balaban J connectivity index is 1.32. The second-order valence-corrected chi connectivity index (χ2v) is 7.88. The summed E-state index contributed by atoms with van der Waals surface area (Å²) in [7, 11) is 2.20. The highest BCUT2D eigenvalue weighted by atomic mass is 16.5. The van der Waals surface area contributed by atoms with Gasteiger partial charge in [-0.3, -0.25) is 14.7 Å². The molecule has 0 bridgehead atoms. The Morgan fingerprint density at radius 3 is 2.62 bits per heavy atom. The number of likely N-dealkylation sites (N-methyl/N-ethyl adjacent to an activating group) is 1. The second kappa shape index (κ2) is 6.45. The SMILES string of the molecule is CN1CC[C@H](COCC2CC2)CC12CN(C(=O)c1ccncc1)C2. The van der Waals surface area contributed by atoms with Gasteiger partial charge in [0.25, 0.3) is 5.91 Å². The fourth-order valence-corrected chi connectivity index (χ4v) is 4.09. The highest BCUT2D eigenvalue weighted by Gasteiger charge is 2.51. The van der Waals surface area contributed by atoms with Gasteiger partial charge >= 0.3 is 0 Å². The van der Waals surface area contributed by atoms with Crippen LogP contribution in [-0.4, -0.2) is 66.1 Å². The van der Waals surface area contributed by atoms with Crippen LogP contribution in [0, 0.1) is 11.8 Å². The van der Waals surface area contributed by atoms with Gasteiger partial charge in [-0.1, -0.05) is 0 Å². The van der Waals surface area contributed by atoms with Crippen LogP contribution in [0.15, 0.2) is 24.5 Å². The van der Waals surface area contributed by atoms with Gasteiger partial charge in [0, 0.05) is 44.3 Å². The third kappa shape index (κ3) is 3.20. The van der Waals surface area contributed by atoms with E-state index in [0.29, 0.717) is 5.92 Å². The van der Waals surface area contributed by atoms with Crippen LogP contribution in [0.2, 0.25) is 0 Å². The summed E-state index contributed by atoms with van der Waals surface area (Å²) in [5.41, 5.74) is 0.900. The molecule has 2 saturated heterocycles. The molecule has 5 nitrogen and oxygen atoms in total. The van der Waals surface area contributed by atoms with E-state index in [9.17, 15) is 4.79 Å². The van der Waals surface area contributed by atoms with E-state index in [0.717, 1.165) is 50.8 Å². The summed E-state index contributed by atoms with van der Waals surface area (Å²) in [6.07, 6.45) is 8.42. The normalized spacial score (nSPS) is 26.4. The van der Waals surface area contributed by atoms with Gasteiger partial charge in [-0.25, -0.2) is 0 Å². The maximum atomic E-state index is 12.5. The number of ether oxygens (including phenoxy) is 1. The van der Waals surface area contributed by atoms with E-state index < -0.39 is 0 Å². The van der Waals surface area contributed by atoms with Crippen molar-refractivity contribution in [2.75, 3.05) is 39.9 Å². The Bertz CT molecular complexity index is 582. The first kappa shape index (κ1) is 16.0. The van der Waals surface area contributed by atoms with Crippen LogP contribution >= 0.6 is 0 Å². The Morgan fingerprint density at radius 2 is 1.92 bits per heavy atom. The molecule has 2 aliphatic heterocycles. The number of amides is 1. The molecule has 1 aliphatic carbocycles. The quantitative estimate of drug-likeness (QED) is 0.829. The molecule has 0 unspecified atom stereocenters. The van der Waals surface area contributed by atoms with E-state index in [1.54, 1.807) is 24.5 Å². The highest BCUT2D eigenvalue weighted by Crippen LogP contribution is 2.39. The number of carbonyl (C=O) groups is 1. The summed E-state index contributed by atoms with van der Waals surface area (Å²) in [4.78, 5) is 21.0. The Kier molecular flexibility index (Phi) is 4.31. The van der Waals surface area contributed by atoms with Gasteiger partial charge in [0.05, 0.1) is 5.54 Å². The van der Waals surface area contributed by atoms with Gasteiger partial charge in [0.15, 0.2) is 0 Å². The van der Waals surface area contributed by atoms with E-state index in [2.05, 4.69) is 16.9 Å². The molecular formula is C19H27N3O2. The van der Waals surface area contributed by atoms with Crippen molar-refractivity contribution in [3.63, 3.8) is 0 Å². The topological polar surface area (TPSA) is 45.7 Å². The van der Waals surface area contributed by atoms with Crippen molar-refractivity contribution in [3.05, 3.63) is 30.1 Å². The molecule has 130 valence electrons. The molecule has 3 aliphatic rings. The van der Waals surface area contributed by atoms with Crippen molar-refractivity contribution in [2.45, 2.75) is 31.2 Å². The molecule has 1 aromatic heterocycles. The lowest BCUT2D eigenvalue weighted by atomic mass is 9.75. The first-order valence-corrected chi connectivity index (χ1v) is 9.15. The Labute approximate surface area is 144 Å². The summed E-state index contributed by atoms with van der Waals surface area (Å²) in [5.74, 6) is 1.60. The van der Waals surface area contributed by atoms with Crippen molar-refractivity contribution in [3.8, 4) is 0 Å². The molecule has 0 aromatic carbocycles. The molecule has 24 heavy (non-hydrogen) atoms. The molecule has 1 aromatic rings. The number of hydrogen-bond acceptors (Lipinski definition) is 4. The van der Waals surface area contributed by atoms with Crippen molar-refractivity contribution in [2.24, 2.45) is 11.8 Å². The van der Waals surface area contributed by atoms with Gasteiger partial charge in [-0.05, 0) is 63.2 Å². The Hall–Kier alpha value is -1.46. The van der Waals surface area contributed by atoms with E-state index in [1.165, 1.54) is 19.3 Å². The number of likely N-dealkylation sites (tertiary alicyclic amines) is 2. The highest BCUT2D eigenvalue weighted by molar-refractivity contribution is 5.94. The third-order valence-corrected chi connectivity index (χ3v) is 5.94. The molecule has 1 atom stereocenters. The monoisotopic (exact) mass is 329 g/mol. The lowest BCUT2D eigenvalue weighted by molar-refractivity contribution is -0.0761. The minimum Gasteiger partial charge on any atom is -0.381 e. The van der Waals surface area contributed by atoms with Gasteiger partial charge in [-0.15, -0.1) is 0 Å². The molecule has 4 rings (SSSR count). The predicted molar refractivity (Wildman–Crippen MR) is 91.8 cm³/mol. The maximum Gasteiger partial charge on any atom is 0.254 e. The number of pyridine rings is 1. The first-order chi connectivity index (χ1) is 11.7. The van der Waals surface area contributed by atoms with Gasteiger partial charge < -0.3 is 9.64 Å². The zero-order valence-electron chi connectivity index (χ0n) is 14.5. The Morgan fingerprint density at radius 1 is 1.21 bits per heavy atom. The van der Waals surface area contributed by atoms with Crippen LogP contribution < -0.4 is 0 Å². The predicted octanol–water partition coefficient (Wildman–Crippen LogP) is 2.04. The molecule has 1 amide bonds. The smallest absolute Gasteiger partial charge is 0.254 e. The van der Waals surface area contributed by atoms with Crippen LogP contribution in [0.25, 0.3) is 0 Å². The zero-order valence-corrected chi connectivity index (χ0v) is 14.5. The molecule has 5 heteroatoms. The molecule has 3 fully saturated rings. The van der Waals surface area contributed by atoms with Gasteiger partial charge in [0.2, 0.25) is 0 Å². The van der Waals surface area contributed by atoms with Crippen LogP contribution in [0.4, 0.5) is 0 Å². The average molecular weight is 329 g/mol. The van der Waals surface area contributed by atoms with Crippen molar-refractivity contribution >= 4 is 5.91 Å². The summed E-state index contributed by atoms with van der Waals surface area (Å²) in [6, 6.07) is 3.60. The summed E-state index contributed by atoms with van der Waals surface area (Å²) >= 11 is 0. The lowest BCUT2D eigenvalue weighted by Gasteiger charge is -2.58. The van der Waals surface area contributed by atoms with Crippen molar-refractivity contribution < 1.29 is 9.53 Å². The van der Waals surface area contributed by atoms with E-state index in [4.69, 9.17) is 4.74 Å². The lowest BCUT2D eigenvalue weighted by Crippen LogP contribution is -2.72. The van der Waals surface area contributed by atoms with Crippen molar-refractivity contribution in [1.82, 2.24) is 14.8 Å². The number of nitrogens with zero attached hydrogens (tertiary/aromatic N) is 3. The fraction of sp³-hybridized carbons (Fsp3) is 0.684. The summed E-state index contributed by atoms with van der Waals surface area (Å²) < 4.78 is 5.93. The van der Waals surface area contributed by atoms with Gasteiger partial charge in [0.1, 0.15) is 0 Å². The van der Waals surface area contributed by atoms with Crippen LogP contribution in [-0.2, 0) is 4.74 Å². The standard InChI is InChI=1S/C19H27N3O2/c1-21-9-6-16(12-24-11-15-2-3-15)10-19(21)13-22(14-19)18(23)17-4-7-20-8-5-17/h4-5,7-8,15-16H,2-3,6,9-14H2,1H3/t16-/m0/s1. The second-order valence-electron chi connectivity index (χ2n) is 7.88. The summed E-state index contributed by atoms with van der Waals surface area (Å²) in [6.45, 7) is 4.62. The minimum atomic E-state index is 0.128. The van der Waals surface area contributed by atoms with E-state index >= 15 is 0 Å². The van der Waals surface area contributed by atoms with Crippen LogP contribution in [0.5, 0.6) is 0 Å². The van der Waals surface area contributed by atoms with Crippen LogP contribution in [0.3, 0.4) is 0 Å². The molecule has 3 heterocycles. The number of aromatic nitrogens is 1. The average Bonchev–Trinajstić information content (AvgIpc) is 3.39. The van der Waals surface area contributed by atoms with E-state index in [1.807, 2.05) is 4.90 Å². The third-order valence-electron chi connectivity index (χ3n) is 5.94. The van der Waals surface area contributed by atoms with Crippen LogP contribution in [0.1, 0.15) is 36.0 Å². The number of piperidine rings is 1. The van der Waals surface area contributed by atoms with Gasteiger partial charge in [-0.2, -0.15) is 0 Å².